The van der Waals surface area contributed by atoms with Crippen LogP contribution in [0.1, 0.15) is 23.2 Å². The molecule has 0 heterocycles. The number of nitrogens with one attached hydrogen (secondary N) is 1. The van der Waals surface area contributed by atoms with Crippen molar-refractivity contribution in [2.45, 2.75) is 17.0 Å². The minimum atomic E-state index is -3.98. The molecule has 0 bridgehead atoms. The number of hydrogen-bond acceptors (Lipinski definition) is 2. The second-order valence-corrected chi connectivity index (χ2v) is 9.56. The molecule has 0 saturated heterocycles. The van der Waals surface area contributed by atoms with E-state index in [1.807, 2.05) is 139 Å². The van der Waals surface area contributed by atoms with Crippen LogP contribution in [0.2, 0.25) is 0 Å². The fourth-order valence-corrected chi connectivity index (χ4v) is 5.19. The molecule has 0 aliphatic carbocycles. The third kappa shape index (κ3) is 8.06. The van der Waals surface area contributed by atoms with Crippen LogP contribution in [0.3, 0.4) is 0 Å². The standard InChI is InChI=1S/C24H20N2O2S.C6H6.ClH.Ru/c25-23(19-11-3-1-4-12-19)24(20-13-5-2-6-14-20)26-29(27,28)22-17-9-15-18-10-7-8-16-21(18)22;1-2-4-6-5-3-1;;/h1-17,23-25H;1-6H;1H;/q-2;;;+3/p-1/t23-,24-;;;/m0.../s1. The molecular formula is C30H26ClN2O2RuS. The Labute approximate surface area is 233 Å². The van der Waals surface area contributed by atoms with E-state index in [1.165, 1.54) is 0 Å². The van der Waals surface area contributed by atoms with Gasteiger partial charge >= 0.3 is 27.0 Å². The molecule has 189 valence electrons. The van der Waals surface area contributed by atoms with Crippen LogP contribution in [0.5, 0.6) is 0 Å². The van der Waals surface area contributed by atoms with Gasteiger partial charge in [0.15, 0.2) is 0 Å². The van der Waals surface area contributed by atoms with E-state index in [1.54, 1.807) is 18.2 Å². The van der Waals surface area contributed by atoms with Crippen molar-refractivity contribution in [3.8, 4) is 0 Å². The Morgan fingerprint density at radius 1 is 0.595 bits per heavy atom. The number of fused-ring (bicyclic) bond motifs is 1. The molecule has 0 saturated carbocycles. The second-order valence-electron chi connectivity index (χ2n) is 7.96. The average molecular weight is 615 g/mol. The van der Waals surface area contributed by atoms with Crippen LogP contribution >= 0.6 is 9.69 Å². The number of hydrogen-bond donors (Lipinski definition) is 0. The fourth-order valence-electron chi connectivity index (χ4n) is 3.82. The maximum atomic E-state index is 13.3. The van der Waals surface area contributed by atoms with Gasteiger partial charge < -0.3 is 10.5 Å². The van der Waals surface area contributed by atoms with Crippen LogP contribution < -0.4 is 0 Å². The first-order valence-corrected chi connectivity index (χ1v) is 15.1. The zero-order valence-electron chi connectivity index (χ0n) is 19.8. The van der Waals surface area contributed by atoms with Crippen LogP contribution in [-0.2, 0) is 27.3 Å². The molecule has 0 spiro atoms. The summed E-state index contributed by atoms with van der Waals surface area (Å²) in [6, 6.07) is 41.2. The number of rotatable bonds is 6. The van der Waals surface area contributed by atoms with Gasteiger partial charge in [0.1, 0.15) is 10.0 Å². The van der Waals surface area contributed by atoms with Gasteiger partial charge in [0.2, 0.25) is 0 Å². The van der Waals surface area contributed by atoms with E-state index >= 15 is 0 Å². The minimum absolute atomic E-state index is 0.164. The summed E-state index contributed by atoms with van der Waals surface area (Å²) in [5, 5.41) is 1.47. The van der Waals surface area contributed by atoms with Gasteiger partial charge in [0.25, 0.3) is 0 Å². The largest absolute Gasteiger partial charge is 0.672 e. The third-order valence-electron chi connectivity index (χ3n) is 5.56. The Bertz CT molecular complexity index is 1420. The van der Waals surface area contributed by atoms with Crippen molar-refractivity contribution >= 4 is 30.5 Å². The van der Waals surface area contributed by atoms with Crippen molar-refractivity contribution in [1.82, 2.24) is 0 Å². The van der Waals surface area contributed by atoms with Gasteiger partial charge in [-0.05, 0) is 16.8 Å². The fraction of sp³-hybridized carbons (Fsp3) is 0.0667. The molecule has 0 radical (unpaired) electrons. The molecule has 2 atom stereocenters. The van der Waals surface area contributed by atoms with Crippen LogP contribution in [0.25, 0.3) is 21.2 Å². The van der Waals surface area contributed by atoms with E-state index in [9.17, 15) is 8.42 Å². The molecule has 7 heteroatoms. The van der Waals surface area contributed by atoms with Gasteiger partial charge in [-0.3, -0.25) is 0 Å². The summed E-state index contributed by atoms with van der Waals surface area (Å²) in [6.45, 7) is 0. The van der Waals surface area contributed by atoms with Crippen molar-refractivity contribution in [1.29, 1.82) is 0 Å². The summed E-state index contributed by atoms with van der Waals surface area (Å²) in [5.74, 6) is 0. The van der Waals surface area contributed by atoms with E-state index < -0.39 is 22.1 Å². The van der Waals surface area contributed by atoms with Gasteiger partial charge in [-0.2, -0.15) is 0 Å². The molecule has 0 amide bonds. The molecule has 5 rings (SSSR count). The van der Waals surface area contributed by atoms with E-state index in [0.717, 1.165) is 10.9 Å². The molecule has 0 fully saturated rings. The summed E-state index contributed by atoms with van der Waals surface area (Å²) in [6.07, 6.45) is 0. The predicted octanol–water partition coefficient (Wildman–Crippen LogP) is 8.81. The summed E-state index contributed by atoms with van der Waals surface area (Å²) >= 11 is 1.82. The normalized spacial score (nSPS) is 12.3. The zero-order valence-corrected chi connectivity index (χ0v) is 23.1. The predicted molar refractivity (Wildman–Crippen MR) is 149 cm³/mol. The number of benzene rings is 5. The molecule has 37 heavy (non-hydrogen) atoms. The summed E-state index contributed by atoms with van der Waals surface area (Å²) in [7, 11) is 0.587. The Kier molecular flexibility index (Phi) is 11.5. The Balaban J connectivity index is 0.000000412. The first-order chi connectivity index (χ1) is 18.1. The smallest absolute Gasteiger partial charge is 0.102 e. The van der Waals surface area contributed by atoms with E-state index in [4.69, 9.17) is 5.73 Å². The number of nitrogens with zero attached hydrogens (tertiary/aromatic N) is 1. The Morgan fingerprint density at radius 2 is 1.03 bits per heavy atom. The average Bonchev–Trinajstić information content (AvgIpc) is 2.98. The molecule has 1 N–H and O–H groups in total. The van der Waals surface area contributed by atoms with Crippen molar-refractivity contribution in [2.75, 3.05) is 0 Å². The molecule has 5 aromatic rings. The van der Waals surface area contributed by atoms with Crippen molar-refractivity contribution in [3.63, 3.8) is 0 Å². The topological polar surface area (TPSA) is 72.0 Å². The van der Waals surface area contributed by atoms with Gasteiger partial charge in [-0.15, -0.1) is 12.1 Å². The monoisotopic (exact) mass is 615 g/mol. The van der Waals surface area contributed by atoms with Gasteiger partial charge in [0.05, 0.1) is 4.90 Å². The SMILES string of the molecule is [Cl][Ru+2].[NH-][C@@H](c1ccccc1)[C@@H]([N-]S(=O)(=O)c1cccc2ccccc12)c1ccccc1.c1ccccc1. The number of sulfonamides is 1. The van der Waals surface area contributed by atoms with Gasteiger partial charge in [0, 0.05) is 0 Å². The summed E-state index contributed by atoms with van der Waals surface area (Å²) in [5.41, 5.74) is 10.2. The molecule has 0 aliphatic rings. The van der Waals surface area contributed by atoms with Crippen LogP contribution in [0.4, 0.5) is 0 Å². The van der Waals surface area contributed by atoms with Crippen molar-refractivity contribution in [2.24, 2.45) is 0 Å². The minimum Gasteiger partial charge on any atom is -0.672 e. The molecule has 5 aromatic carbocycles. The molecule has 0 unspecified atom stereocenters. The summed E-state index contributed by atoms with van der Waals surface area (Å²) in [4.78, 5) is 0.164. The zero-order chi connectivity index (χ0) is 26.5. The first kappa shape index (κ1) is 28.7. The Morgan fingerprint density at radius 3 is 1.59 bits per heavy atom. The second kappa shape index (κ2) is 14.8. The van der Waals surface area contributed by atoms with Crippen LogP contribution in [0.15, 0.2) is 144 Å². The third-order valence-corrected chi connectivity index (χ3v) is 6.98. The molecule has 4 nitrogen and oxygen atoms in total. The van der Waals surface area contributed by atoms with Crippen molar-refractivity contribution < 1.29 is 25.7 Å². The van der Waals surface area contributed by atoms with E-state index in [0.29, 0.717) is 10.9 Å². The Hall–Kier alpha value is -2.86. The molecule has 0 aliphatic heterocycles. The van der Waals surface area contributed by atoms with Crippen LogP contribution in [-0.4, -0.2) is 8.42 Å². The quantitative estimate of drug-likeness (QED) is 0.179. The maximum Gasteiger partial charge on any atom is 0.102 e. The first-order valence-electron chi connectivity index (χ1n) is 11.5. The van der Waals surface area contributed by atoms with Gasteiger partial charge in [-0.25, -0.2) is 8.42 Å². The molecule has 0 aromatic heterocycles. The van der Waals surface area contributed by atoms with E-state index in [2.05, 4.69) is 14.4 Å². The van der Waals surface area contributed by atoms with Crippen molar-refractivity contribution in [3.05, 3.63) is 161 Å². The number of halogens is 1. The van der Waals surface area contributed by atoms with Gasteiger partial charge in [-0.1, -0.05) is 145 Å². The van der Waals surface area contributed by atoms with Crippen LogP contribution in [0, 0.1) is 0 Å². The molecular weight excluding hydrogens is 589 g/mol. The maximum absolute atomic E-state index is 13.3. The summed E-state index contributed by atoms with van der Waals surface area (Å²) < 4.78 is 30.9. The van der Waals surface area contributed by atoms with E-state index in [-0.39, 0.29) is 4.90 Å².